The molecule has 3 N–H and O–H groups in total. The largest absolute Gasteiger partial charge is 0.324 e. The zero-order valence-corrected chi connectivity index (χ0v) is 12.1. The molecule has 0 bridgehead atoms. The molecule has 1 aromatic rings. The van der Waals surface area contributed by atoms with Crippen LogP contribution in [0.25, 0.3) is 0 Å². The summed E-state index contributed by atoms with van der Waals surface area (Å²) in [5, 5.41) is 3.62. The van der Waals surface area contributed by atoms with Crippen molar-refractivity contribution in [2.24, 2.45) is 5.73 Å². The first-order valence-corrected chi connectivity index (χ1v) is 7.67. The summed E-state index contributed by atoms with van der Waals surface area (Å²) in [5.74, 6) is 0.0997. The Morgan fingerprint density at radius 3 is 3.15 bits per heavy atom. The number of rotatable bonds is 6. The number of aryl methyl sites for hydroxylation is 1. The van der Waals surface area contributed by atoms with Crippen molar-refractivity contribution in [3.8, 4) is 0 Å². The molecule has 1 fully saturated rings. The molecule has 110 valence electrons. The summed E-state index contributed by atoms with van der Waals surface area (Å²) in [6.07, 6.45) is 9.31. The quantitative estimate of drug-likeness (QED) is 0.828. The van der Waals surface area contributed by atoms with E-state index in [0.717, 1.165) is 18.7 Å². The second-order valence-corrected chi connectivity index (χ2v) is 5.60. The Morgan fingerprint density at radius 1 is 1.40 bits per heavy atom. The van der Waals surface area contributed by atoms with Crippen molar-refractivity contribution < 1.29 is 4.79 Å². The van der Waals surface area contributed by atoms with Crippen LogP contribution in [0.2, 0.25) is 0 Å². The van der Waals surface area contributed by atoms with Crippen LogP contribution >= 0.6 is 0 Å². The SMILES string of the molecule is NCC(=O)CCc1cc(CC2CCCCCN2)ccn1. The van der Waals surface area contributed by atoms with E-state index in [0.29, 0.717) is 18.9 Å². The molecule has 20 heavy (non-hydrogen) atoms. The number of hydrogen-bond acceptors (Lipinski definition) is 4. The third-order valence-electron chi connectivity index (χ3n) is 3.91. The fraction of sp³-hybridized carbons (Fsp3) is 0.625. The van der Waals surface area contributed by atoms with Gasteiger partial charge in [-0.2, -0.15) is 0 Å². The molecule has 1 atom stereocenters. The standard InChI is InChI=1S/C16H25N3O/c17-12-16(20)6-5-15-11-13(7-9-19-15)10-14-4-2-1-3-8-18-14/h7,9,11,14,18H,1-6,8,10,12,17H2. The maximum Gasteiger partial charge on any atom is 0.146 e. The topological polar surface area (TPSA) is 68.0 Å². The molecule has 1 saturated heterocycles. The van der Waals surface area contributed by atoms with Crippen LogP contribution in [0, 0.1) is 0 Å². The van der Waals surface area contributed by atoms with E-state index in [4.69, 9.17) is 5.73 Å². The number of aromatic nitrogens is 1. The molecular formula is C16H25N3O. The number of carbonyl (C=O) groups is 1. The molecule has 4 heteroatoms. The monoisotopic (exact) mass is 275 g/mol. The number of ketones is 1. The molecule has 1 unspecified atom stereocenters. The predicted molar refractivity (Wildman–Crippen MR) is 80.6 cm³/mol. The Balaban J connectivity index is 1.89. The third-order valence-corrected chi connectivity index (χ3v) is 3.91. The van der Waals surface area contributed by atoms with Gasteiger partial charge in [0.05, 0.1) is 6.54 Å². The van der Waals surface area contributed by atoms with E-state index in [2.05, 4.69) is 22.4 Å². The minimum Gasteiger partial charge on any atom is -0.324 e. The summed E-state index contributed by atoms with van der Waals surface area (Å²) in [5.41, 5.74) is 7.64. The molecule has 0 aromatic carbocycles. The maximum absolute atomic E-state index is 11.3. The first kappa shape index (κ1) is 15.1. The third kappa shape index (κ3) is 5.02. The lowest BCUT2D eigenvalue weighted by molar-refractivity contribution is -0.117. The van der Waals surface area contributed by atoms with Crippen LogP contribution in [0.5, 0.6) is 0 Å². The van der Waals surface area contributed by atoms with Crippen LogP contribution in [-0.2, 0) is 17.6 Å². The van der Waals surface area contributed by atoms with Crippen molar-refractivity contribution in [2.45, 2.75) is 51.0 Å². The Kier molecular flexibility index (Phi) is 6.15. The van der Waals surface area contributed by atoms with E-state index < -0.39 is 0 Å². The van der Waals surface area contributed by atoms with Crippen LogP contribution in [0.15, 0.2) is 18.3 Å². The Bertz CT molecular complexity index is 425. The highest BCUT2D eigenvalue weighted by molar-refractivity contribution is 5.80. The summed E-state index contributed by atoms with van der Waals surface area (Å²) in [7, 11) is 0. The molecule has 0 amide bonds. The second-order valence-electron chi connectivity index (χ2n) is 5.60. The van der Waals surface area contributed by atoms with Gasteiger partial charge in [0.2, 0.25) is 0 Å². The molecule has 2 heterocycles. The number of Topliss-reactive ketones (excluding diaryl/α,β-unsaturated/α-hetero) is 1. The van der Waals surface area contributed by atoms with E-state index >= 15 is 0 Å². The van der Waals surface area contributed by atoms with Crippen molar-refractivity contribution in [1.29, 1.82) is 0 Å². The van der Waals surface area contributed by atoms with Gasteiger partial charge in [0.1, 0.15) is 5.78 Å². The predicted octanol–water partition coefficient (Wildman–Crippen LogP) is 1.62. The number of hydrogen-bond donors (Lipinski definition) is 2. The zero-order valence-electron chi connectivity index (χ0n) is 12.1. The van der Waals surface area contributed by atoms with Gasteiger partial charge in [-0.25, -0.2) is 0 Å². The fourth-order valence-corrected chi connectivity index (χ4v) is 2.72. The van der Waals surface area contributed by atoms with Gasteiger partial charge in [0, 0.05) is 24.4 Å². The first-order valence-electron chi connectivity index (χ1n) is 7.67. The highest BCUT2D eigenvalue weighted by Crippen LogP contribution is 2.14. The van der Waals surface area contributed by atoms with E-state index in [-0.39, 0.29) is 12.3 Å². The number of carbonyl (C=O) groups excluding carboxylic acids is 1. The van der Waals surface area contributed by atoms with Gasteiger partial charge in [-0.15, -0.1) is 0 Å². The van der Waals surface area contributed by atoms with Crippen LogP contribution in [0.4, 0.5) is 0 Å². The molecule has 0 radical (unpaired) electrons. The van der Waals surface area contributed by atoms with Gasteiger partial charge >= 0.3 is 0 Å². The molecule has 4 nitrogen and oxygen atoms in total. The molecule has 1 aromatic heterocycles. The summed E-state index contributed by atoms with van der Waals surface area (Å²) < 4.78 is 0. The number of nitrogens with one attached hydrogen (secondary N) is 1. The van der Waals surface area contributed by atoms with Crippen molar-refractivity contribution >= 4 is 5.78 Å². The lowest BCUT2D eigenvalue weighted by Crippen LogP contribution is -2.30. The molecule has 0 saturated carbocycles. The van der Waals surface area contributed by atoms with Crippen molar-refractivity contribution in [3.05, 3.63) is 29.6 Å². The summed E-state index contributed by atoms with van der Waals surface area (Å²) >= 11 is 0. The lowest BCUT2D eigenvalue weighted by atomic mass is 10.0. The molecule has 1 aliphatic heterocycles. The Labute approximate surface area is 121 Å². The Hall–Kier alpha value is -1.26. The van der Waals surface area contributed by atoms with Crippen molar-refractivity contribution in [2.75, 3.05) is 13.1 Å². The molecule has 1 aliphatic rings. The molecular weight excluding hydrogens is 250 g/mol. The van der Waals surface area contributed by atoms with Gasteiger partial charge in [0.25, 0.3) is 0 Å². The average Bonchev–Trinajstić information content (AvgIpc) is 2.74. The van der Waals surface area contributed by atoms with E-state index in [1.54, 1.807) is 0 Å². The van der Waals surface area contributed by atoms with Crippen molar-refractivity contribution in [3.63, 3.8) is 0 Å². The number of nitrogens with zero attached hydrogens (tertiary/aromatic N) is 1. The lowest BCUT2D eigenvalue weighted by Gasteiger charge is -2.16. The average molecular weight is 275 g/mol. The van der Waals surface area contributed by atoms with Gasteiger partial charge < -0.3 is 11.1 Å². The number of nitrogens with two attached hydrogens (primary N) is 1. The molecule has 0 aliphatic carbocycles. The maximum atomic E-state index is 11.3. The van der Waals surface area contributed by atoms with E-state index in [1.165, 1.54) is 31.2 Å². The summed E-state index contributed by atoms with van der Waals surface area (Å²) in [4.78, 5) is 15.6. The minimum atomic E-state index is 0.0997. The van der Waals surface area contributed by atoms with Gasteiger partial charge in [-0.05, 0) is 49.9 Å². The van der Waals surface area contributed by atoms with Gasteiger partial charge in [-0.3, -0.25) is 9.78 Å². The number of pyridine rings is 1. The van der Waals surface area contributed by atoms with E-state index in [1.807, 2.05) is 6.20 Å². The highest BCUT2D eigenvalue weighted by Gasteiger charge is 2.12. The summed E-state index contributed by atoms with van der Waals surface area (Å²) in [6, 6.07) is 4.80. The Morgan fingerprint density at radius 2 is 2.30 bits per heavy atom. The highest BCUT2D eigenvalue weighted by atomic mass is 16.1. The van der Waals surface area contributed by atoms with Gasteiger partial charge in [0.15, 0.2) is 0 Å². The van der Waals surface area contributed by atoms with Crippen LogP contribution in [0.3, 0.4) is 0 Å². The van der Waals surface area contributed by atoms with Crippen LogP contribution < -0.4 is 11.1 Å². The van der Waals surface area contributed by atoms with Crippen LogP contribution in [-0.4, -0.2) is 29.9 Å². The smallest absolute Gasteiger partial charge is 0.146 e. The van der Waals surface area contributed by atoms with Crippen LogP contribution in [0.1, 0.15) is 43.4 Å². The normalized spacial score (nSPS) is 19.6. The zero-order chi connectivity index (χ0) is 14.2. The minimum absolute atomic E-state index is 0.0997. The van der Waals surface area contributed by atoms with E-state index in [9.17, 15) is 4.79 Å². The fourth-order valence-electron chi connectivity index (χ4n) is 2.72. The first-order chi connectivity index (χ1) is 9.78. The summed E-state index contributed by atoms with van der Waals surface area (Å²) in [6.45, 7) is 1.26. The van der Waals surface area contributed by atoms with Crippen molar-refractivity contribution in [1.82, 2.24) is 10.3 Å². The molecule has 0 spiro atoms. The van der Waals surface area contributed by atoms with Gasteiger partial charge in [-0.1, -0.05) is 12.8 Å². The second kappa shape index (κ2) is 8.12. The molecule has 2 rings (SSSR count).